The van der Waals surface area contributed by atoms with Crippen LogP contribution in [0.1, 0.15) is 74.7 Å². The Bertz CT molecular complexity index is 740. The van der Waals surface area contributed by atoms with E-state index >= 15 is 0 Å². The van der Waals surface area contributed by atoms with Crippen LogP contribution in [-0.4, -0.2) is 29.1 Å². The summed E-state index contributed by atoms with van der Waals surface area (Å²) in [6.45, 7) is 15.4. The van der Waals surface area contributed by atoms with Gasteiger partial charge in [0.05, 0.1) is 12.0 Å². The molecule has 1 saturated heterocycles. The van der Waals surface area contributed by atoms with Crippen LogP contribution in [0.25, 0.3) is 0 Å². The van der Waals surface area contributed by atoms with Crippen LogP contribution in [0.2, 0.25) is 0 Å². The average molecular weight is 431 g/mol. The highest BCUT2D eigenvalue weighted by molar-refractivity contribution is 5.79. The molecule has 0 aromatic heterocycles. The van der Waals surface area contributed by atoms with Crippen LogP contribution in [0.4, 0.5) is 0 Å². The molecule has 0 saturated carbocycles. The van der Waals surface area contributed by atoms with E-state index in [1.165, 1.54) is 26.2 Å². The van der Waals surface area contributed by atoms with E-state index in [4.69, 9.17) is 4.74 Å². The number of aliphatic hydroxyl groups is 1. The van der Waals surface area contributed by atoms with Gasteiger partial charge in [0.15, 0.2) is 0 Å². The van der Waals surface area contributed by atoms with E-state index < -0.39 is 12.0 Å². The molecule has 0 aliphatic carbocycles. The Morgan fingerprint density at radius 2 is 1.84 bits per heavy atom. The van der Waals surface area contributed by atoms with Crippen LogP contribution in [0.3, 0.4) is 0 Å². The Balaban J connectivity index is 2.87. The molecule has 0 aromatic rings. The van der Waals surface area contributed by atoms with Crippen molar-refractivity contribution >= 4 is 11.8 Å². The lowest BCUT2D eigenvalue weighted by Crippen LogP contribution is -2.24. The van der Waals surface area contributed by atoms with E-state index in [-0.39, 0.29) is 29.7 Å². The molecule has 4 heteroatoms. The van der Waals surface area contributed by atoms with Gasteiger partial charge in [-0.3, -0.25) is 9.59 Å². The van der Waals surface area contributed by atoms with E-state index in [1.54, 1.807) is 13.8 Å². The number of Topliss-reactive ketones (excluding diaryl/α,β-unsaturated/α-hetero) is 1. The molecule has 0 amide bonds. The van der Waals surface area contributed by atoms with Crippen molar-refractivity contribution < 1.29 is 19.4 Å². The molecule has 1 aliphatic heterocycles. The number of unbranched alkanes of at least 4 members (excludes halogenated alkanes) is 1. The predicted octanol–water partition coefficient (Wildman–Crippen LogP) is 5.97. The van der Waals surface area contributed by atoms with Crippen molar-refractivity contribution in [2.75, 3.05) is 0 Å². The van der Waals surface area contributed by atoms with Crippen LogP contribution in [0.5, 0.6) is 0 Å². The third-order valence-corrected chi connectivity index (χ3v) is 6.30. The van der Waals surface area contributed by atoms with Gasteiger partial charge in [0.1, 0.15) is 11.9 Å². The number of hydrogen-bond donors (Lipinski definition) is 1. The maximum atomic E-state index is 12.5. The Morgan fingerprint density at radius 1 is 1.19 bits per heavy atom. The molecule has 31 heavy (non-hydrogen) atoms. The van der Waals surface area contributed by atoms with Crippen molar-refractivity contribution in [3.8, 4) is 0 Å². The molecule has 0 unspecified atom stereocenters. The van der Waals surface area contributed by atoms with Gasteiger partial charge in [-0.25, -0.2) is 0 Å². The maximum Gasteiger partial charge on any atom is 0.313 e. The minimum absolute atomic E-state index is 0.0272. The highest BCUT2D eigenvalue weighted by atomic mass is 16.6. The number of esters is 1. The summed E-state index contributed by atoms with van der Waals surface area (Å²) < 4.78 is 5.69. The lowest BCUT2D eigenvalue weighted by molar-refractivity contribution is -0.142. The molecule has 4 nitrogen and oxygen atoms in total. The van der Waals surface area contributed by atoms with Gasteiger partial charge in [-0.2, -0.15) is 0 Å². The molecule has 1 fully saturated rings. The number of carbonyl (C=O) groups excluding carboxylic acids is 2. The first-order valence-corrected chi connectivity index (χ1v) is 11.6. The number of ketones is 1. The molecular weight excluding hydrogens is 388 g/mol. The van der Waals surface area contributed by atoms with Crippen LogP contribution in [0, 0.1) is 23.7 Å². The third-order valence-electron chi connectivity index (χ3n) is 6.30. The normalized spacial score (nSPS) is 26.2. The molecule has 0 aromatic carbocycles. The van der Waals surface area contributed by atoms with E-state index in [1.807, 2.05) is 32.9 Å². The summed E-state index contributed by atoms with van der Waals surface area (Å²) in [7, 11) is 0. The zero-order valence-corrected chi connectivity index (χ0v) is 20.6. The average Bonchev–Trinajstić information content (AvgIpc) is 2.98. The van der Waals surface area contributed by atoms with Gasteiger partial charge < -0.3 is 9.84 Å². The molecule has 174 valence electrons. The second kappa shape index (κ2) is 12.8. The van der Waals surface area contributed by atoms with E-state index in [0.717, 1.165) is 11.1 Å². The van der Waals surface area contributed by atoms with Crippen molar-refractivity contribution in [3.63, 3.8) is 0 Å². The van der Waals surface area contributed by atoms with Gasteiger partial charge in [0, 0.05) is 11.8 Å². The fourth-order valence-electron chi connectivity index (χ4n) is 3.95. The second-order valence-corrected chi connectivity index (χ2v) is 9.30. The maximum absolute atomic E-state index is 12.5. The number of aliphatic hydroxyl groups excluding tert-OH is 1. The topological polar surface area (TPSA) is 63.6 Å². The lowest BCUT2D eigenvalue weighted by Gasteiger charge is -2.17. The van der Waals surface area contributed by atoms with Gasteiger partial charge in [0.25, 0.3) is 0 Å². The molecule has 1 heterocycles. The summed E-state index contributed by atoms with van der Waals surface area (Å²) in [6, 6.07) is 0. The first-order chi connectivity index (χ1) is 14.5. The summed E-state index contributed by atoms with van der Waals surface area (Å²) in [5.74, 6) is -0.467. The summed E-state index contributed by atoms with van der Waals surface area (Å²) in [6.07, 6.45) is 12.7. The zero-order valence-electron chi connectivity index (χ0n) is 20.6. The molecular formula is C27H42O4. The van der Waals surface area contributed by atoms with Crippen LogP contribution >= 0.6 is 0 Å². The Hall–Kier alpha value is -1.94. The quantitative estimate of drug-likeness (QED) is 0.324. The number of carbonyl (C=O) groups is 2. The number of rotatable bonds is 11. The van der Waals surface area contributed by atoms with Crippen molar-refractivity contribution in [1.29, 1.82) is 0 Å². The highest BCUT2D eigenvalue weighted by Gasteiger charge is 2.41. The first-order valence-electron chi connectivity index (χ1n) is 11.6. The summed E-state index contributed by atoms with van der Waals surface area (Å²) >= 11 is 0. The highest BCUT2D eigenvalue weighted by Crippen LogP contribution is 2.34. The predicted molar refractivity (Wildman–Crippen MR) is 127 cm³/mol. The molecule has 0 radical (unpaired) electrons. The summed E-state index contributed by atoms with van der Waals surface area (Å²) in [5.41, 5.74) is 2.64. The van der Waals surface area contributed by atoms with Gasteiger partial charge in [-0.15, -0.1) is 0 Å². The van der Waals surface area contributed by atoms with Crippen LogP contribution in [-0.2, 0) is 14.3 Å². The van der Waals surface area contributed by atoms with E-state index in [2.05, 4.69) is 32.1 Å². The number of cyclic esters (lactones) is 1. The molecule has 1 N–H and O–H groups in total. The minimum Gasteiger partial charge on any atom is -0.457 e. The number of allylic oxidation sites excluding steroid dienone is 5. The minimum atomic E-state index is -0.821. The monoisotopic (exact) mass is 430 g/mol. The van der Waals surface area contributed by atoms with Gasteiger partial charge >= 0.3 is 5.97 Å². The fourth-order valence-corrected chi connectivity index (χ4v) is 3.95. The summed E-state index contributed by atoms with van der Waals surface area (Å²) in [5, 5.41) is 10.3. The number of ether oxygens (including phenoxy) is 1. The zero-order chi connectivity index (χ0) is 23.7. The van der Waals surface area contributed by atoms with Crippen molar-refractivity contribution in [3.05, 3.63) is 47.1 Å². The fraction of sp³-hybridized carbons (Fsp3) is 0.630. The van der Waals surface area contributed by atoms with Gasteiger partial charge in [-0.05, 0) is 51.2 Å². The molecule has 6 atom stereocenters. The molecule has 0 spiro atoms. The van der Waals surface area contributed by atoms with Crippen molar-refractivity contribution in [1.82, 2.24) is 0 Å². The summed E-state index contributed by atoms with van der Waals surface area (Å²) in [4.78, 5) is 24.1. The van der Waals surface area contributed by atoms with Crippen LogP contribution < -0.4 is 0 Å². The van der Waals surface area contributed by atoms with Gasteiger partial charge in [0.2, 0.25) is 0 Å². The van der Waals surface area contributed by atoms with Gasteiger partial charge in [-0.1, -0.05) is 76.5 Å². The van der Waals surface area contributed by atoms with E-state index in [0.29, 0.717) is 11.5 Å². The van der Waals surface area contributed by atoms with Crippen LogP contribution in [0.15, 0.2) is 47.1 Å². The Kier molecular flexibility index (Phi) is 11.2. The largest absolute Gasteiger partial charge is 0.457 e. The molecule has 0 bridgehead atoms. The second-order valence-electron chi connectivity index (χ2n) is 9.30. The number of hydrogen-bond acceptors (Lipinski definition) is 4. The Morgan fingerprint density at radius 3 is 2.42 bits per heavy atom. The standard InChI is InChI=1S/C27H42O4/c1-9-10-12-17(2)13-11-14-19(4)26-22(7)24(27(30)31-26)16-18(3)15-20(5)25(29)21(6)23(8)28/h11,13-17,21-22,24-26,29H,9-10,12H2,1-8H3/b13-11+,18-16+,19-14+,20-15+/t17-,21-,22+,24+,25-,26-/m1/s1. The smallest absolute Gasteiger partial charge is 0.313 e. The van der Waals surface area contributed by atoms with E-state index in [9.17, 15) is 14.7 Å². The lowest BCUT2D eigenvalue weighted by atomic mass is 9.87. The SMILES string of the molecule is CCCC[C@@H](C)/C=C/C=C(\C)[C@H]1OC(=O)[C@@H](/C=C(C)/C=C(\C)[C@@H](O)[C@H](C)C(C)=O)[C@@H]1C. The van der Waals surface area contributed by atoms with Crippen molar-refractivity contribution in [2.24, 2.45) is 23.7 Å². The third kappa shape index (κ3) is 8.25. The first kappa shape index (κ1) is 27.1. The van der Waals surface area contributed by atoms with Crippen molar-refractivity contribution in [2.45, 2.75) is 86.9 Å². The molecule has 1 aliphatic rings. The Labute approximate surface area is 189 Å². The molecule has 1 rings (SSSR count).